The van der Waals surface area contributed by atoms with Crippen molar-refractivity contribution in [3.05, 3.63) is 0 Å². The van der Waals surface area contributed by atoms with E-state index in [1.165, 1.54) is 0 Å². The fraction of sp³-hybridized carbons (Fsp3) is 0.833. The lowest BCUT2D eigenvalue weighted by molar-refractivity contribution is -0.137. The van der Waals surface area contributed by atoms with Crippen molar-refractivity contribution in [1.29, 1.82) is 0 Å². The summed E-state index contributed by atoms with van der Waals surface area (Å²) in [7, 11) is 0. The van der Waals surface area contributed by atoms with Crippen LogP contribution in [0, 0.1) is 0 Å². The van der Waals surface area contributed by atoms with E-state index < -0.39 is 11.6 Å². The van der Waals surface area contributed by atoms with Crippen LogP contribution in [0.25, 0.3) is 0 Å². The van der Waals surface area contributed by atoms with Crippen LogP contribution in [0.1, 0.15) is 26.2 Å². The largest absolute Gasteiger partial charge is 0.481 e. The summed E-state index contributed by atoms with van der Waals surface area (Å²) in [5.41, 5.74) is 10.1. The van der Waals surface area contributed by atoms with E-state index in [2.05, 4.69) is 0 Å². The summed E-state index contributed by atoms with van der Waals surface area (Å²) < 4.78 is 0. The first-order chi connectivity index (χ1) is 4.42. The van der Waals surface area contributed by atoms with E-state index in [9.17, 15) is 4.79 Å². The zero-order valence-electron chi connectivity index (χ0n) is 6.13. The molecule has 0 amide bonds. The molecule has 0 aromatic rings. The molecule has 60 valence electrons. The topological polar surface area (TPSA) is 89.3 Å². The number of carboxylic acid groups (broad SMARTS) is 1. The minimum absolute atomic E-state index is 0.143. The van der Waals surface area contributed by atoms with Gasteiger partial charge in [-0.3, -0.25) is 4.79 Å². The Balaban J connectivity index is 3.29. The Bertz CT molecular complexity index is 117. The Labute approximate surface area is 60.2 Å². The van der Waals surface area contributed by atoms with Crippen LogP contribution in [-0.2, 0) is 4.79 Å². The second kappa shape index (κ2) is 3.53. The molecule has 0 bridgehead atoms. The summed E-state index contributed by atoms with van der Waals surface area (Å²) in [6, 6.07) is 0. The van der Waals surface area contributed by atoms with E-state index in [1.807, 2.05) is 0 Å². The van der Waals surface area contributed by atoms with Gasteiger partial charge in [0, 0.05) is 6.42 Å². The van der Waals surface area contributed by atoms with Gasteiger partial charge in [-0.05, 0) is 19.8 Å². The van der Waals surface area contributed by atoms with Crippen molar-refractivity contribution in [2.75, 3.05) is 0 Å². The van der Waals surface area contributed by atoms with E-state index >= 15 is 0 Å². The second-order valence-electron chi connectivity index (χ2n) is 2.75. The van der Waals surface area contributed by atoms with Gasteiger partial charge in [0.2, 0.25) is 0 Å². The molecular formula is C6H14N2O2. The van der Waals surface area contributed by atoms with Gasteiger partial charge in [0.15, 0.2) is 0 Å². The van der Waals surface area contributed by atoms with Crippen LogP contribution in [0.3, 0.4) is 0 Å². The highest BCUT2D eigenvalue weighted by Crippen LogP contribution is 2.03. The molecule has 4 heteroatoms. The summed E-state index contributed by atoms with van der Waals surface area (Å²) in [6.07, 6.45) is 1.22. The molecule has 0 aliphatic rings. The van der Waals surface area contributed by atoms with Gasteiger partial charge < -0.3 is 16.6 Å². The number of hydrogen-bond donors (Lipinski definition) is 3. The van der Waals surface area contributed by atoms with E-state index in [-0.39, 0.29) is 6.42 Å². The fourth-order valence-corrected chi connectivity index (χ4v) is 0.621. The van der Waals surface area contributed by atoms with Crippen LogP contribution in [0.5, 0.6) is 0 Å². The van der Waals surface area contributed by atoms with E-state index in [0.29, 0.717) is 12.8 Å². The van der Waals surface area contributed by atoms with Gasteiger partial charge in [-0.25, -0.2) is 0 Å². The zero-order valence-corrected chi connectivity index (χ0v) is 6.13. The second-order valence-corrected chi connectivity index (χ2v) is 2.75. The van der Waals surface area contributed by atoms with Crippen LogP contribution >= 0.6 is 0 Å². The minimum atomic E-state index is -0.802. The Hall–Kier alpha value is -0.610. The quantitative estimate of drug-likeness (QED) is 0.482. The molecule has 0 heterocycles. The Morgan fingerprint density at radius 3 is 2.40 bits per heavy atom. The van der Waals surface area contributed by atoms with Crippen molar-refractivity contribution in [2.24, 2.45) is 11.5 Å². The normalized spacial score (nSPS) is 11.5. The third kappa shape index (κ3) is 7.39. The number of nitrogens with two attached hydrogens (primary N) is 2. The van der Waals surface area contributed by atoms with Gasteiger partial charge in [0.25, 0.3) is 0 Å². The highest BCUT2D eigenvalue weighted by molar-refractivity contribution is 5.66. The minimum Gasteiger partial charge on any atom is -0.481 e. The molecule has 0 aromatic carbocycles. The molecule has 0 rings (SSSR count). The first-order valence-electron chi connectivity index (χ1n) is 3.21. The Morgan fingerprint density at radius 1 is 1.60 bits per heavy atom. The predicted molar refractivity (Wildman–Crippen MR) is 38.3 cm³/mol. The fourth-order valence-electron chi connectivity index (χ4n) is 0.621. The molecule has 0 saturated carbocycles. The summed E-state index contributed by atoms with van der Waals surface area (Å²) in [4.78, 5) is 10.0. The van der Waals surface area contributed by atoms with Gasteiger partial charge in [-0.2, -0.15) is 0 Å². The third-order valence-corrected chi connectivity index (χ3v) is 1.11. The Kier molecular flexibility index (Phi) is 3.32. The lowest BCUT2D eigenvalue weighted by Gasteiger charge is -2.16. The van der Waals surface area contributed by atoms with Gasteiger partial charge in [0.1, 0.15) is 0 Å². The van der Waals surface area contributed by atoms with Crippen LogP contribution in [0.2, 0.25) is 0 Å². The van der Waals surface area contributed by atoms with Crippen LogP contribution in [0.15, 0.2) is 0 Å². The maximum Gasteiger partial charge on any atom is 0.303 e. The van der Waals surface area contributed by atoms with Gasteiger partial charge in [0.05, 0.1) is 5.66 Å². The summed E-state index contributed by atoms with van der Waals surface area (Å²) in [5.74, 6) is -0.802. The number of rotatable bonds is 4. The molecule has 0 aliphatic heterocycles. The first kappa shape index (κ1) is 9.39. The van der Waals surface area contributed by atoms with E-state index in [0.717, 1.165) is 0 Å². The van der Waals surface area contributed by atoms with Crippen molar-refractivity contribution in [3.63, 3.8) is 0 Å². The summed E-state index contributed by atoms with van der Waals surface area (Å²) in [5, 5.41) is 8.23. The maximum atomic E-state index is 10.0. The van der Waals surface area contributed by atoms with Crippen molar-refractivity contribution < 1.29 is 9.90 Å². The monoisotopic (exact) mass is 146 g/mol. The lowest BCUT2D eigenvalue weighted by Crippen LogP contribution is -2.45. The zero-order chi connectivity index (χ0) is 8.20. The average Bonchev–Trinajstić information content (AvgIpc) is 1.59. The number of carboxylic acids is 1. The van der Waals surface area contributed by atoms with E-state index in [1.54, 1.807) is 6.92 Å². The van der Waals surface area contributed by atoms with Crippen molar-refractivity contribution in [2.45, 2.75) is 31.8 Å². The van der Waals surface area contributed by atoms with Crippen LogP contribution in [-0.4, -0.2) is 16.7 Å². The highest BCUT2D eigenvalue weighted by Gasteiger charge is 2.10. The van der Waals surface area contributed by atoms with E-state index in [4.69, 9.17) is 16.6 Å². The molecule has 0 unspecified atom stereocenters. The molecule has 0 spiro atoms. The van der Waals surface area contributed by atoms with Gasteiger partial charge in [-0.1, -0.05) is 0 Å². The third-order valence-electron chi connectivity index (χ3n) is 1.11. The van der Waals surface area contributed by atoms with Gasteiger partial charge >= 0.3 is 5.97 Å². The molecule has 0 aliphatic carbocycles. The first-order valence-corrected chi connectivity index (χ1v) is 3.21. The molecule has 0 saturated heterocycles. The van der Waals surface area contributed by atoms with Crippen molar-refractivity contribution >= 4 is 5.97 Å². The Morgan fingerprint density at radius 2 is 2.10 bits per heavy atom. The molecule has 5 N–H and O–H groups in total. The number of aliphatic carboxylic acids is 1. The van der Waals surface area contributed by atoms with Crippen molar-refractivity contribution in [3.8, 4) is 0 Å². The predicted octanol–water partition coefficient (Wildman–Crippen LogP) is -0.125. The van der Waals surface area contributed by atoms with Gasteiger partial charge in [-0.15, -0.1) is 0 Å². The smallest absolute Gasteiger partial charge is 0.303 e. The molecule has 0 aromatic heterocycles. The lowest BCUT2D eigenvalue weighted by atomic mass is 10.1. The molecule has 0 atom stereocenters. The SMILES string of the molecule is CC(N)(N)CCCC(=O)O. The molecule has 4 nitrogen and oxygen atoms in total. The van der Waals surface area contributed by atoms with Crippen LogP contribution in [0.4, 0.5) is 0 Å². The summed E-state index contributed by atoms with van der Waals surface area (Å²) >= 11 is 0. The van der Waals surface area contributed by atoms with Crippen LogP contribution < -0.4 is 11.5 Å². The van der Waals surface area contributed by atoms with Crippen molar-refractivity contribution in [1.82, 2.24) is 0 Å². The number of hydrogen-bond acceptors (Lipinski definition) is 3. The maximum absolute atomic E-state index is 10.0. The standard InChI is InChI=1S/C6H14N2O2/c1-6(7,8)4-2-3-5(9)10/h2-4,7-8H2,1H3,(H,9,10). The number of carbonyl (C=O) groups is 1. The molecule has 0 fully saturated rings. The average molecular weight is 146 g/mol. The summed E-state index contributed by atoms with van der Waals surface area (Å²) in [6.45, 7) is 1.68. The molecule has 0 radical (unpaired) electrons. The molecule has 10 heavy (non-hydrogen) atoms. The highest BCUT2D eigenvalue weighted by atomic mass is 16.4. The molecular weight excluding hydrogens is 132 g/mol.